The zero-order chi connectivity index (χ0) is 12.2. The van der Waals surface area contributed by atoms with Gasteiger partial charge in [-0.15, -0.1) is 0 Å². The zero-order valence-electron chi connectivity index (χ0n) is 10.1. The maximum Gasteiger partial charge on any atom is 0.221 e. The summed E-state index contributed by atoms with van der Waals surface area (Å²) in [7, 11) is -3.03. The molecule has 0 radical (unpaired) electrons. The van der Waals surface area contributed by atoms with Gasteiger partial charge in [-0.3, -0.25) is 4.79 Å². The first-order valence-electron chi connectivity index (χ1n) is 5.81. The fourth-order valence-corrected chi connectivity index (χ4v) is 2.54. The van der Waals surface area contributed by atoms with E-state index in [1.165, 1.54) is 19.3 Å². The van der Waals surface area contributed by atoms with Crippen molar-refractivity contribution in [1.82, 2.24) is 5.32 Å². The van der Waals surface area contributed by atoms with Crippen LogP contribution in [0.5, 0.6) is 0 Å². The van der Waals surface area contributed by atoms with Crippen LogP contribution in [0.15, 0.2) is 0 Å². The summed E-state index contributed by atoms with van der Waals surface area (Å²) >= 11 is 0. The highest BCUT2D eigenvalue weighted by atomic mass is 32.2. The van der Waals surface area contributed by atoms with E-state index >= 15 is 0 Å². The van der Waals surface area contributed by atoms with Crippen molar-refractivity contribution in [2.45, 2.75) is 39.0 Å². The molecule has 0 aromatic rings. The average molecular weight is 247 g/mol. The van der Waals surface area contributed by atoms with Gasteiger partial charge in [-0.05, 0) is 24.7 Å². The number of hydrogen-bond acceptors (Lipinski definition) is 3. The van der Waals surface area contributed by atoms with Crippen molar-refractivity contribution in [2.75, 3.05) is 18.6 Å². The van der Waals surface area contributed by atoms with Gasteiger partial charge >= 0.3 is 0 Å². The average Bonchev–Trinajstić information content (AvgIpc) is 2.13. The van der Waals surface area contributed by atoms with E-state index in [1.807, 2.05) is 0 Å². The lowest BCUT2D eigenvalue weighted by Gasteiger charge is -2.41. The van der Waals surface area contributed by atoms with Gasteiger partial charge in [0.15, 0.2) is 0 Å². The molecule has 0 saturated heterocycles. The topological polar surface area (TPSA) is 63.2 Å². The van der Waals surface area contributed by atoms with Crippen LogP contribution in [0.4, 0.5) is 0 Å². The van der Waals surface area contributed by atoms with E-state index in [1.54, 1.807) is 0 Å². The number of nitrogens with one attached hydrogen (secondary N) is 1. The maximum absolute atomic E-state index is 11.4. The van der Waals surface area contributed by atoms with Gasteiger partial charge in [-0.2, -0.15) is 0 Å². The van der Waals surface area contributed by atoms with Crippen molar-refractivity contribution in [2.24, 2.45) is 5.41 Å². The lowest BCUT2D eigenvalue weighted by Crippen LogP contribution is -2.42. The quantitative estimate of drug-likeness (QED) is 0.765. The minimum atomic E-state index is -3.03. The molecular weight excluding hydrogens is 226 g/mol. The van der Waals surface area contributed by atoms with Gasteiger partial charge in [0, 0.05) is 19.2 Å². The first-order valence-corrected chi connectivity index (χ1v) is 7.87. The minimum Gasteiger partial charge on any atom is -0.356 e. The summed E-state index contributed by atoms with van der Waals surface area (Å²) in [6.45, 7) is 2.84. The number of carbonyl (C=O) groups excluding carboxylic acids is 1. The Labute approximate surface area is 97.7 Å². The fourth-order valence-electron chi connectivity index (χ4n) is 1.98. The molecule has 1 amide bonds. The Morgan fingerprint density at radius 2 is 2.00 bits per heavy atom. The molecule has 1 N–H and O–H groups in total. The summed E-state index contributed by atoms with van der Waals surface area (Å²) in [5.41, 5.74) is 0.292. The highest BCUT2D eigenvalue weighted by Gasteiger charge is 2.35. The van der Waals surface area contributed by atoms with Crippen LogP contribution in [0.3, 0.4) is 0 Å². The number of sulfone groups is 1. The molecule has 1 aliphatic carbocycles. The van der Waals surface area contributed by atoms with E-state index in [0.29, 0.717) is 12.0 Å². The third kappa shape index (κ3) is 4.12. The van der Waals surface area contributed by atoms with Crippen molar-refractivity contribution in [3.05, 3.63) is 0 Å². The van der Waals surface area contributed by atoms with Gasteiger partial charge in [0.05, 0.1) is 5.75 Å². The summed E-state index contributed by atoms with van der Waals surface area (Å²) < 4.78 is 21.8. The largest absolute Gasteiger partial charge is 0.356 e. The molecule has 1 rings (SSSR count). The van der Waals surface area contributed by atoms with Crippen molar-refractivity contribution in [3.63, 3.8) is 0 Å². The lowest BCUT2D eigenvalue weighted by atomic mass is 9.67. The summed E-state index contributed by atoms with van der Waals surface area (Å²) in [5, 5.41) is 2.85. The molecule has 0 aromatic carbocycles. The van der Waals surface area contributed by atoms with Crippen LogP contribution in [-0.4, -0.2) is 32.9 Å². The minimum absolute atomic E-state index is 0.0576. The lowest BCUT2D eigenvalue weighted by molar-refractivity contribution is -0.121. The van der Waals surface area contributed by atoms with Gasteiger partial charge < -0.3 is 5.32 Å². The predicted octanol–water partition coefficient (Wildman–Crippen LogP) is 1.12. The van der Waals surface area contributed by atoms with Gasteiger partial charge in [-0.1, -0.05) is 13.3 Å². The molecule has 0 heterocycles. The molecule has 16 heavy (non-hydrogen) atoms. The molecule has 0 aromatic heterocycles. The van der Waals surface area contributed by atoms with Crippen LogP contribution in [0, 0.1) is 5.41 Å². The molecular formula is C11H21NO3S. The van der Waals surface area contributed by atoms with Gasteiger partial charge in [-0.25, -0.2) is 8.42 Å². The molecule has 1 aliphatic rings. The van der Waals surface area contributed by atoms with Crippen LogP contribution in [0.2, 0.25) is 0 Å². The maximum atomic E-state index is 11.4. The van der Waals surface area contributed by atoms with E-state index in [4.69, 9.17) is 0 Å². The number of rotatable bonds is 6. The van der Waals surface area contributed by atoms with Crippen LogP contribution in [0.1, 0.15) is 39.0 Å². The SMILES string of the molecule is CCC1(CNC(=O)CCS(C)(=O)=O)CCC1. The van der Waals surface area contributed by atoms with Gasteiger partial charge in [0.2, 0.25) is 5.91 Å². The highest BCUT2D eigenvalue weighted by Crippen LogP contribution is 2.42. The van der Waals surface area contributed by atoms with Crippen LogP contribution >= 0.6 is 0 Å². The molecule has 0 atom stereocenters. The second-order valence-electron chi connectivity index (χ2n) is 4.86. The van der Waals surface area contributed by atoms with E-state index in [2.05, 4.69) is 12.2 Å². The number of amides is 1. The Morgan fingerprint density at radius 3 is 2.38 bits per heavy atom. The molecule has 0 aliphatic heterocycles. The molecule has 0 bridgehead atoms. The first-order chi connectivity index (χ1) is 7.37. The standard InChI is InChI=1S/C11H21NO3S/c1-3-11(6-4-7-11)9-12-10(13)5-8-16(2,14)15/h3-9H2,1-2H3,(H,12,13). The van der Waals surface area contributed by atoms with E-state index in [0.717, 1.165) is 12.7 Å². The fraction of sp³-hybridized carbons (Fsp3) is 0.909. The van der Waals surface area contributed by atoms with Gasteiger partial charge in [0.25, 0.3) is 0 Å². The van der Waals surface area contributed by atoms with Crippen molar-refractivity contribution >= 4 is 15.7 Å². The Bertz CT molecular complexity index is 339. The molecule has 94 valence electrons. The van der Waals surface area contributed by atoms with E-state index in [9.17, 15) is 13.2 Å². The molecule has 0 unspecified atom stereocenters. The second-order valence-corrected chi connectivity index (χ2v) is 7.12. The summed E-state index contributed by atoms with van der Waals surface area (Å²) in [6, 6.07) is 0. The van der Waals surface area contributed by atoms with Gasteiger partial charge in [0.1, 0.15) is 9.84 Å². The van der Waals surface area contributed by atoms with Crippen LogP contribution in [0.25, 0.3) is 0 Å². The Hall–Kier alpha value is -0.580. The molecule has 4 nitrogen and oxygen atoms in total. The number of hydrogen-bond donors (Lipinski definition) is 1. The highest BCUT2D eigenvalue weighted by molar-refractivity contribution is 7.90. The molecule has 0 spiro atoms. The number of carbonyl (C=O) groups is 1. The van der Waals surface area contributed by atoms with Crippen molar-refractivity contribution < 1.29 is 13.2 Å². The van der Waals surface area contributed by atoms with E-state index in [-0.39, 0.29) is 18.1 Å². The first kappa shape index (κ1) is 13.5. The van der Waals surface area contributed by atoms with E-state index < -0.39 is 9.84 Å². The molecule has 1 saturated carbocycles. The van der Waals surface area contributed by atoms with Crippen LogP contribution in [-0.2, 0) is 14.6 Å². The smallest absolute Gasteiger partial charge is 0.221 e. The van der Waals surface area contributed by atoms with Crippen LogP contribution < -0.4 is 5.32 Å². The van der Waals surface area contributed by atoms with Crippen molar-refractivity contribution in [1.29, 1.82) is 0 Å². The third-order valence-corrected chi connectivity index (χ3v) is 4.47. The normalized spacial score (nSPS) is 18.9. The predicted molar refractivity (Wildman–Crippen MR) is 63.9 cm³/mol. The zero-order valence-corrected chi connectivity index (χ0v) is 10.9. The summed E-state index contributed by atoms with van der Waals surface area (Å²) in [4.78, 5) is 11.4. The molecule has 1 fully saturated rings. The Morgan fingerprint density at radius 1 is 1.38 bits per heavy atom. The third-order valence-electron chi connectivity index (χ3n) is 3.52. The van der Waals surface area contributed by atoms with Crippen molar-refractivity contribution in [3.8, 4) is 0 Å². The second kappa shape index (κ2) is 5.17. The Balaban J connectivity index is 2.25. The monoisotopic (exact) mass is 247 g/mol. The summed E-state index contributed by atoms with van der Waals surface area (Å²) in [5.74, 6) is -0.206. The summed E-state index contributed by atoms with van der Waals surface area (Å²) in [6.07, 6.45) is 5.91. The Kier molecular flexibility index (Phi) is 4.35. The molecule has 5 heteroatoms.